The normalized spacial score (nSPS) is 14.3. The lowest BCUT2D eigenvalue weighted by molar-refractivity contribution is 0.138. The van der Waals surface area contributed by atoms with Crippen LogP contribution in [0, 0.1) is 11.7 Å². The standard InChI is InChI=1S/C16H26FNO2/c1-5-12(2)11-18(3)10-9-14(19)16-13(17)7-6-8-15(16)20-4/h6-8,12,14,19H,5,9-11H2,1-4H3. The number of hydrogen-bond donors (Lipinski definition) is 1. The van der Waals surface area contributed by atoms with Gasteiger partial charge in [-0.2, -0.15) is 0 Å². The molecule has 0 bridgehead atoms. The van der Waals surface area contributed by atoms with Crippen LogP contribution in [0.3, 0.4) is 0 Å². The van der Waals surface area contributed by atoms with Gasteiger partial charge >= 0.3 is 0 Å². The molecule has 1 aromatic rings. The van der Waals surface area contributed by atoms with E-state index < -0.39 is 11.9 Å². The number of rotatable bonds is 8. The van der Waals surface area contributed by atoms with Gasteiger partial charge in [0.1, 0.15) is 11.6 Å². The highest BCUT2D eigenvalue weighted by Crippen LogP contribution is 2.29. The van der Waals surface area contributed by atoms with E-state index in [0.29, 0.717) is 18.1 Å². The van der Waals surface area contributed by atoms with Crippen molar-refractivity contribution in [1.82, 2.24) is 4.90 Å². The Bertz CT molecular complexity index is 411. The summed E-state index contributed by atoms with van der Waals surface area (Å²) < 4.78 is 18.9. The van der Waals surface area contributed by atoms with Crippen molar-refractivity contribution in [3.8, 4) is 5.75 Å². The molecule has 0 aliphatic heterocycles. The molecule has 0 radical (unpaired) electrons. The molecule has 0 heterocycles. The van der Waals surface area contributed by atoms with Gasteiger partial charge in [0, 0.05) is 13.1 Å². The molecule has 0 spiro atoms. The van der Waals surface area contributed by atoms with E-state index in [4.69, 9.17) is 4.74 Å². The van der Waals surface area contributed by atoms with E-state index in [-0.39, 0.29) is 5.56 Å². The smallest absolute Gasteiger partial charge is 0.132 e. The van der Waals surface area contributed by atoms with Crippen molar-refractivity contribution in [3.63, 3.8) is 0 Å². The fraction of sp³-hybridized carbons (Fsp3) is 0.625. The van der Waals surface area contributed by atoms with Crippen LogP contribution >= 0.6 is 0 Å². The molecule has 2 atom stereocenters. The van der Waals surface area contributed by atoms with Gasteiger partial charge < -0.3 is 14.7 Å². The van der Waals surface area contributed by atoms with Gasteiger partial charge in [-0.1, -0.05) is 26.3 Å². The highest BCUT2D eigenvalue weighted by atomic mass is 19.1. The third-order valence-electron chi connectivity index (χ3n) is 3.67. The third-order valence-corrected chi connectivity index (χ3v) is 3.67. The van der Waals surface area contributed by atoms with Crippen LogP contribution in [0.5, 0.6) is 5.75 Å². The number of hydrogen-bond acceptors (Lipinski definition) is 3. The quantitative estimate of drug-likeness (QED) is 0.795. The molecule has 0 aliphatic carbocycles. The highest BCUT2D eigenvalue weighted by molar-refractivity contribution is 5.36. The average molecular weight is 283 g/mol. The second-order valence-electron chi connectivity index (χ2n) is 5.44. The molecule has 4 heteroatoms. The highest BCUT2D eigenvalue weighted by Gasteiger charge is 2.18. The lowest BCUT2D eigenvalue weighted by atomic mass is 10.0. The topological polar surface area (TPSA) is 32.7 Å². The maximum Gasteiger partial charge on any atom is 0.132 e. The van der Waals surface area contributed by atoms with Gasteiger partial charge in [-0.3, -0.25) is 0 Å². The first-order chi connectivity index (χ1) is 9.49. The van der Waals surface area contributed by atoms with Crippen molar-refractivity contribution in [3.05, 3.63) is 29.6 Å². The fourth-order valence-electron chi connectivity index (χ4n) is 2.26. The molecule has 2 unspecified atom stereocenters. The molecule has 0 amide bonds. The summed E-state index contributed by atoms with van der Waals surface area (Å²) in [6, 6.07) is 4.61. The van der Waals surface area contributed by atoms with Crippen molar-refractivity contribution < 1.29 is 14.2 Å². The lowest BCUT2D eigenvalue weighted by Gasteiger charge is -2.22. The number of aliphatic hydroxyl groups excluding tert-OH is 1. The van der Waals surface area contributed by atoms with Crippen LogP contribution in [-0.2, 0) is 0 Å². The molecule has 0 fully saturated rings. The number of nitrogens with zero attached hydrogens (tertiary/aromatic N) is 1. The SMILES string of the molecule is CCC(C)CN(C)CCC(O)c1c(F)cccc1OC. The van der Waals surface area contributed by atoms with Gasteiger partial charge in [0.2, 0.25) is 0 Å². The van der Waals surface area contributed by atoms with Crippen molar-refractivity contribution in [2.45, 2.75) is 32.8 Å². The van der Waals surface area contributed by atoms with E-state index in [9.17, 15) is 9.50 Å². The van der Waals surface area contributed by atoms with Crippen LogP contribution < -0.4 is 4.74 Å². The first kappa shape index (κ1) is 16.9. The Balaban J connectivity index is 2.61. The average Bonchev–Trinajstić information content (AvgIpc) is 2.44. The van der Waals surface area contributed by atoms with Gasteiger partial charge in [0.05, 0.1) is 18.8 Å². The van der Waals surface area contributed by atoms with E-state index in [1.165, 1.54) is 13.2 Å². The van der Waals surface area contributed by atoms with Gasteiger partial charge in [-0.15, -0.1) is 0 Å². The number of ether oxygens (including phenoxy) is 1. The molecule has 1 rings (SSSR count). The molecule has 20 heavy (non-hydrogen) atoms. The van der Waals surface area contributed by atoms with Gasteiger partial charge in [-0.05, 0) is 31.5 Å². The van der Waals surface area contributed by atoms with E-state index in [1.807, 2.05) is 7.05 Å². The second-order valence-corrected chi connectivity index (χ2v) is 5.44. The van der Waals surface area contributed by atoms with Crippen LogP contribution in [0.1, 0.15) is 38.4 Å². The maximum atomic E-state index is 13.8. The summed E-state index contributed by atoms with van der Waals surface area (Å²) in [5, 5.41) is 10.2. The molecule has 0 saturated heterocycles. The van der Waals surface area contributed by atoms with Gasteiger partial charge in [0.25, 0.3) is 0 Å². The maximum absolute atomic E-state index is 13.8. The minimum atomic E-state index is -0.842. The Hall–Kier alpha value is -1.13. The van der Waals surface area contributed by atoms with E-state index in [2.05, 4.69) is 18.7 Å². The van der Waals surface area contributed by atoms with E-state index >= 15 is 0 Å². The largest absolute Gasteiger partial charge is 0.496 e. The summed E-state index contributed by atoms with van der Waals surface area (Å²) in [6.45, 7) is 6.07. The molecular formula is C16H26FNO2. The van der Waals surface area contributed by atoms with Crippen LogP contribution in [0.15, 0.2) is 18.2 Å². The Kier molecular flexibility index (Phi) is 6.96. The second kappa shape index (κ2) is 8.22. The third kappa shape index (κ3) is 4.76. The molecule has 114 valence electrons. The van der Waals surface area contributed by atoms with Crippen molar-refractivity contribution in [2.24, 2.45) is 5.92 Å². The predicted octanol–water partition coefficient (Wildman–Crippen LogP) is 3.24. The van der Waals surface area contributed by atoms with Crippen molar-refractivity contribution in [1.29, 1.82) is 0 Å². The summed E-state index contributed by atoms with van der Waals surface area (Å²) in [7, 11) is 3.51. The Morgan fingerprint density at radius 2 is 2.10 bits per heavy atom. The number of benzene rings is 1. The Morgan fingerprint density at radius 3 is 2.70 bits per heavy atom. The van der Waals surface area contributed by atoms with Crippen molar-refractivity contribution >= 4 is 0 Å². The molecule has 0 aliphatic rings. The zero-order valence-electron chi connectivity index (χ0n) is 12.9. The zero-order chi connectivity index (χ0) is 15.1. The van der Waals surface area contributed by atoms with Gasteiger partial charge in [-0.25, -0.2) is 4.39 Å². The number of aliphatic hydroxyl groups is 1. The summed E-state index contributed by atoms with van der Waals surface area (Å²) in [6.07, 6.45) is 0.781. The molecule has 0 aromatic heterocycles. The van der Waals surface area contributed by atoms with Gasteiger partial charge in [0.15, 0.2) is 0 Å². The van der Waals surface area contributed by atoms with E-state index in [0.717, 1.165) is 19.5 Å². The fourth-order valence-corrected chi connectivity index (χ4v) is 2.26. The monoisotopic (exact) mass is 283 g/mol. The lowest BCUT2D eigenvalue weighted by Crippen LogP contribution is -2.26. The molecule has 3 nitrogen and oxygen atoms in total. The van der Waals surface area contributed by atoms with Crippen LogP contribution in [-0.4, -0.2) is 37.3 Å². The zero-order valence-corrected chi connectivity index (χ0v) is 12.9. The number of halogens is 1. The Labute approximate surface area is 121 Å². The van der Waals surface area contributed by atoms with Crippen LogP contribution in [0.2, 0.25) is 0 Å². The summed E-state index contributed by atoms with van der Waals surface area (Å²) in [4.78, 5) is 2.17. The molecular weight excluding hydrogens is 257 g/mol. The first-order valence-corrected chi connectivity index (χ1v) is 7.18. The summed E-state index contributed by atoms with van der Waals surface area (Å²) in [5.41, 5.74) is 0.256. The number of methoxy groups -OCH3 is 1. The van der Waals surface area contributed by atoms with Crippen LogP contribution in [0.4, 0.5) is 4.39 Å². The first-order valence-electron chi connectivity index (χ1n) is 7.18. The Morgan fingerprint density at radius 1 is 1.40 bits per heavy atom. The molecule has 1 aromatic carbocycles. The molecule has 0 saturated carbocycles. The van der Waals surface area contributed by atoms with E-state index in [1.54, 1.807) is 12.1 Å². The summed E-state index contributed by atoms with van der Waals surface area (Å²) >= 11 is 0. The summed E-state index contributed by atoms with van der Waals surface area (Å²) in [5.74, 6) is 0.614. The van der Waals surface area contributed by atoms with Crippen molar-refractivity contribution in [2.75, 3.05) is 27.2 Å². The molecule has 1 N–H and O–H groups in total. The minimum Gasteiger partial charge on any atom is -0.496 e. The van der Waals surface area contributed by atoms with Crippen LogP contribution in [0.25, 0.3) is 0 Å². The minimum absolute atomic E-state index is 0.256. The predicted molar refractivity (Wildman–Crippen MR) is 79.5 cm³/mol.